The third-order valence-corrected chi connectivity index (χ3v) is 11.7. The van der Waals surface area contributed by atoms with Crippen LogP contribution in [0.2, 0.25) is 0 Å². The summed E-state index contributed by atoms with van der Waals surface area (Å²) in [5.74, 6) is -3.69. The maximum atomic E-state index is 14.8. The zero-order valence-electron chi connectivity index (χ0n) is 43.4. The zero-order chi connectivity index (χ0) is 52.9. The molecule has 0 aliphatic carbocycles. The molecule has 19 nitrogen and oxygen atoms in total. The second-order valence-corrected chi connectivity index (χ2v) is 21.9. The van der Waals surface area contributed by atoms with Crippen LogP contribution < -0.4 is 26.6 Å². The van der Waals surface area contributed by atoms with Crippen LogP contribution >= 0.6 is 0 Å². The van der Waals surface area contributed by atoms with E-state index in [4.69, 9.17) is 14.2 Å². The highest BCUT2D eigenvalue weighted by atomic mass is 16.6. The number of alkyl carbamates (subject to hydrolysis) is 3. The van der Waals surface area contributed by atoms with Gasteiger partial charge in [-0.25, -0.2) is 19.2 Å². The number of unbranched alkanes of at least 4 members (excludes halogenated alkanes) is 1. The Hall–Kier alpha value is -6.40. The normalized spacial score (nSPS) is 17.0. The van der Waals surface area contributed by atoms with Crippen molar-refractivity contribution in [1.82, 2.24) is 36.4 Å². The highest BCUT2D eigenvalue weighted by molar-refractivity contribution is 5.96. The average Bonchev–Trinajstić information content (AvgIpc) is 3.25. The van der Waals surface area contributed by atoms with Gasteiger partial charge in [-0.15, -0.1) is 0 Å². The van der Waals surface area contributed by atoms with Crippen LogP contribution in [0.25, 0.3) is 0 Å². The minimum Gasteiger partial charge on any atom is -0.480 e. The molecule has 0 saturated carbocycles. The van der Waals surface area contributed by atoms with E-state index in [1.807, 2.05) is 68.4 Å². The van der Waals surface area contributed by atoms with E-state index < -0.39 is 94.4 Å². The van der Waals surface area contributed by atoms with Crippen molar-refractivity contribution in [1.29, 1.82) is 0 Å². The lowest BCUT2D eigenvalue weighted by molar-refractivity contribution is -0.150. The van der Waals surface area contributed by atoms with E-state index in [1.54, 1.807) is 62.3 Å². The predicted molar refractivity (Wildman–Crippen MR) is 265 cm³/mol. The van der Waals surface area contributed by atoms with Crippen LogP contribution in [0, 0.1) is 5.92 Å². The lowest BCUT2D eigenvalue weighted by Crippen LogP contribution is -2.63. The summed E-state index contributed by atoms with van der Waals surface area (Å²) in [4.78, 5) is 112. The molecule has 0 spiro atoms. The maximum absolute atomic E-state index is 14.8. The first-order chi connectivity index (χ1) is 33.0. The number of carbonyl (C=O) groups excluding carboxylic acids is 7. The predicted octanol–water partition coefficient (Wildman–Crippen LogP) is 5.76. The molecule has 1 saturated heterocycles. The van der Waals surface area contributed by atoms with Gasteiger partial charge >= 0.3 is 24.2 Å². The number of ether oxygens (including phenoxy) is 3. The Morgan fingerprint density at radius 2 is 1.24 bits per heavy atom. The van der Waals surface area contributed by atoms with Gasteiger partial charge in [0.15, 0.2) is 0 Å². The third-order valence-electron chi connectivity index (χ3n) is 11.7. The summed E-state index contributed by atoms with van der Waals surface area (Å²) in [5, 5.41) is 24.0. The minimum atomic E-state index is -1.71. The first kappa shape index (κ1) is 57.2. The highest BCUT2D eigenvalue weighted by Crippen LogP contribution is 2.27. The Kier molecular flexibility index (Phi) is 19.8. The van der Waals surface area contributed by atoms with Gasteiger partial charge in [0.25, 0.3) is 0 Å². The third kappa shape index (κ3) is 18.4. The second-order valence-electron chi connectivity index (χ2n) is 21.9. The van der Waals surface area contributed by atoms with Crippen molar-refractivity contribution in [2.75, 3.05) is 19.6 Å². The van der Waals surface area contributed by atoms with Crippen LogP contribution in [-0.4, -0.2) is 129 Å². The number of hydrogen-bond donors (Lipinski definition) is 6. The van der Waals surface area contributed by atoms with Crippen LogP contribution in [0.5, 0.6) is 0 Å². The van der Waals surface area contributed by atoms with Crippen molar-refractivity contribution in [3.05, 3.63) is 71.3 Å². The first-order valence-electron chi connectivity index (χ1n) is 24.6. The molecule has 0 bridgehead atoms. The fourth-order valence-corrected chi connectivity index (χ4v) is 8.39. The minimum absolute atomic E-state index is 0.0427. The molecule has 0 radical (unpaired) electrons. The molecule has 0 aromatic heterocycles. The summed E-state index contributed by atoms with van der Waals surface area (Å²) in [5.41, 5.74) is -1.73. The van der Waals surface area contributed by atoms with E-state index in [0.29, 0.717) is 12.8 Å². The Bertz CT molecular complexity index is 2190. The van der Waals surface area contributed by atoms with Crippen molar-refractivity contribution in [2.45, 2.75) is 181 Å². The summed E-state index contributed by atoms with van der Waals surface area (Å²) in [6.07, 6.45) is -1.32. The van der Waals surface area contributed by atoms with Crippen molar-refractivity contribution in [3.8, 4) is 0 Å². The monoisotopic (exact) mass is 992 g/mol. The van der Waals surface area contributed by atoms with E-state index >= 15 is 0 Å². The van der Waals surface area contributed by atoms with Crippen LogP contribution in [-0.2, 0) is 57.6 Å². The lowest BCUT2D eigenvalue weighted by atomic mass is 9.87. The molecule has 6 N–H and O–H groups in total. The van der Waals surface area contributed by atoms with E-state index in [0.717, 1.165) is 16.7 Å². The van der Waals surface area contributed by atoms with Gasteiger partial charge in [-0.2, -0.15) is 0 Å². The van der Waals surface area contributed by atoms with Crippen molar-refractivity contribution < 1.29 is 57.7 Å². The lowest BCUT2D eigenvalue weighted by Gasteiger charge is -2.40. The maximum Gasteiger partial charge on any atom is 0.408 e. The first-order valence-corrected chi connectivity index (χ1v) is 24.6. The molecular weight excluding hydrogens is 915 g/mol. The number of rotatable bonds is 18. The molecule has 4 rings (SSSR count). The molecule has 2 aromatic carbocycles. The van der Waals surface area contributed by atoms with Crippen molar-refractivity contribution >= 4 is 47.9 Å². The smallest absolute Gasteiger partial charge is 0.408 e. The largest absolute Gasteiger partial charge is 0.480 e. The number of likely N-dealkylation sites (tertiary alicyclic amines) is 1. The molecule has 2 heterocycles. The van der Waals surface area contributed by atoms with Gasteiger partial charge in [0.1, 0.15) is 46.5 Å². The van der Waals surface area contributed by atoms with Gasteiger partial charge in [-0.1, -0.05) is 68.4 Å². The number of hydrogen-bond acceptors (Lipinski definition) is 11. The summed E-state index contributed by atoms with van der Waals surface area (Å²) in [7, 11) is 0. The number of fused-ring (bicyclic) bond motifs is 1. The van der Waals surface area contributed by atoms with Gasteiger partial charge in [-0.3, -0.25) is 19.2 Å². The molecule has 4 atom stereocenters. The highest BCUT2D eigenvalue weighted by Gasteiger charge is 2.46. The molecule has 19 heteroatoms. The summed E-state index contributed by atoms with van der Waals surface area (Å²) in [6, 6.07) is 12.0. The van der Waals surface area contributed by atoms with Crippen LogP contribution in [0.15, 0.2) is 54.6 Å². The molecule has 0 unspecified atom stereocenters. The van der Waals surface area contributed by atoms with Crippen molar-refractivity contribution in [2.24, 2.45) is 5.92 Å². The molecule has 7 amide bonds. The Morgan fingerprint density at radius 1 is 0.676 bits per heavy atom. The molecule has 2 aromatic rings. The summed E-state index contributed by atoms with van der Waals surface area (Å²) < 4.78 is 16.2. The van der Waals surface area contributed by atoms with Gasteiger partial charge in [0.2, 0.25) is 23.6 Å². The Morgan fingerprint density at radius 3 is 1.82 bits per heavy atom. The van der Waals surface area contributed by atoms with Gasteiger partial charge in [0.05, 0.1) is 0 Å². The zero-order valence-corrected chi connectivity index (χ0v) is 43.4. The molecule has 1 fully saturated rings. The number of carboxylic acids is 1. The quantitative estimate of drug-likeness (QED) is 0.0771. The van der Waals surface area contributed by atoms with E-state index in [-0.39, 0.29) is 70.6 Å². The van der Waals surface area contributed by atoms with Crippen LogP contribution in [0.4, 0.5) is 14.4 Å². The topological polar surface area (TPSA) is 251 Å². The Labute approximate surface area is 418 Å². The summed E-state index contributed by atoms with van der Waals surface area (Å²) in [6.45, 7) is 19.2. The van der Waals surface area contributed by atoms with Gasteiger partial charge in [0, 0.05) is 39.0 Å². The van der Waals surface area contributed by atoms with Crippen LogP contribution in [0.1, 0.15) is 131 Å². The molecule has 2 aliphatic rings. The van der Waals surface area contributed by atoms with E-state index in [9.17, 15) is 43.5 Å². The number of aliphatic carboxylic acids is 1. The van der Waals surface area contributed by atoms with Gasteiger partial charge < -0.3 is 55.7 Å². The molecule has 392 valence electrons. The SMILES string of the molecule is CC(C)C[C@H](NC(=O)[C@@H]1Cc2ccccc2CN1C(=O)[C@@H](Cc1ccccc1)NC(=O)OC(C)(C)C)C(=O)N[C@H](CCCCNC(=O)OC(C)(C)C)C(=O)N1CCC(NC(=O)OC(C)(C)C)(C(=O)O)CC1. The number of nitrogens with zero attached hydrogens (tertiary/aromatic N) is 2. The Balaban J connectivity index is 1.60. The fourth-order valence-electron chi connectivity index (χ4n) is 8.39. The number of nitrogens with one attached hydrogen (secondary N) is 5. The molecule has 2 aliphatic heterocycles. The number of benzene rings is 2. The number of amides is 7. The standard InChI is InChI=1S/C52H77N7O12/c1-33(2)29-38(55-42(61)40-31-35-21-15-16-22-36(35)32-59(40)44(63)39(30-34-19-13-12-14-20-34)56-47(67)70-50(6,7)8)41(60)54-37(23-17-18-26-53-46(66)69-49(3,4)5)43(62)58-27-24-52(25-28-58,45(64)65)57-48(68)71-51(9,10)11/h12-16,19-22,33,37-40H,17-18,23-32H2,1-11H3,(H,53,66)(H,54,60)(H,55,61)(H,56,67)(H,57,68)(H,64,65)/t37-,38+,39-,40+/m1/s1. The number of carbonyl (C=O) groups is 8. The molecule has 71 heavy (non-hydrogen) atoms. The van der Waals surface area contributed by atoms with Crippen molar-refractivity contribution in [3.63, 3.8) is 0 Å². The fraction of sp³-hybridized carbons (Fsp3) is 0.615. The van der Waals surface area contributed by atoms with Gasteiger partial charge in [-0.05, 0) is 123 Å². The average molecular weight is 992 g/mol. The van der Waals surface area contributed by atoms with E-state index in [1.165, 1.54) is 9.80 Å². The number of piperidine rings is 1. The summed E-state index contributed by atoms with van der Waals surface area (Å²) >= 11 is 0. The number of carboxylic acid groups (broad SMARTS) is 1. The second kappa shape index (κ2) is 24.6. The van der Waals surface area contributed by atoms with E-state index in [2.05, 4.69) is 26.6 Å². The molecular formula is C52H77N7O12. The van der Waals surface area contributed by atoms with Crippen LogP contribution in [0.3, 0.4) is 0 Å².